The Labute approximate surface area is 119 Å². The second-order valence-electron chi connectivity index (χ2n) is 4.68. The summed E-state index contributed by atoms with van der Waals surface area (Å²) in [5.41, 5.74) is 2.41. The highest BCUT2D eigenvalue weighted by atomic mass is 32.2. The van der Waals surface area contributed by atoms with Gasteiger partial charge in [0.05, 0.1) is 5.69 Å². The van der Waals surface area contributed by atoms with Gasteiger partial charge in [0.2, 0.25) is 0 Å². The molecule has 4 heteroatoms. The Morgan fingerprint density at radius 2 is 2.11 bits per heavy atom. The Balaban J connectivity index is 1.85. The number of hydrogen-bond acceptors (Lipinski definition) is 3. The number of nitrogens with one attached hydrogen (secondary N) is 1. The molecule has 2 aromatic rings. The summed E-state index contributed by atoms with van der Waals surface area (Å²) in [7, 11) is 0. The fraction of sp³-hybridized carbons (Fsp3) is 0.400. The van der Waals surface area contributed by atoms with Crippen molar-refractivity contribution in [1.29, 1.82) is 0 Å². The molecule has 0 bridgehead atoms. The average Bonchev–Trinajstić information content (AvgIpc) is 2.97. The second kappa shape index (κ2) is 7.36. The summed E-state index contributed by atoms with van der Waals surface area (Å²) in [5.74, 6) is 1.21. The number of thioether (sulfide) groups is 1. The van der Waals surface area contributed by atoms with Crippen molar-refractivity contribution in [2.24, 2.45) is 0 Å². The highest BCUT2D eigenvalue weighted by Gasteiger charge is 2.01. The van der Waals surface area contributed by atoms with Crippen molar-refractivity contribution in [3.63, 3.8) is 0 Å². The lowest BCUT2D eigenvalue weighted by molar-refractivity contribution is 0.537. The molecule has 1 N–H and O–H groups in total. The maximum absolute atomic E-state index is 4.22. The largest absolute Gasteiger partial charge is 0.310 e. The summed E-state index contributed by atoms with van der Waals surface area (Å²) >= 11 is 1.90. The van der Waals surface area contributed by atoms with Crippen LogP contribution in [-0.4, -0.2) is 27.8 Å². The van der Waals surface area contributed by atoms with Crippen LogP contribution in [0.15, 0.2) is 42.7 Å². The quantitative estimate of drug-likeness (QED) is 0.842. The normalized spacial score (nSPS) is 12.5. The maximum Gasteiger partial charge on any atom is 0.0645 e. The van der Waals surface area contributed by atoms with Crippen LogP contribution in [0.25, 0.3) is 5.69 Å². The van der Waals surface area contributed by atoms with Gasteiger partial charge in [-0.1, -0.05) is 12.1 Å². The monoisotopic (exact) mass is 275 g/mol. The van der Waals surface area contributed by atoms with Crippen molar-refractivity contribution in [3.8, 4) is 5.69 Å². The van der Waals surface area contributed by atoms with Crippen LogP contribution in [0.3, 0.4) is 0 Å². The predicted molar refractivity (Wildman–Crippen MR) is 82.9 cm³/mol. The molecule has 19 heavy (non-hydrogen) atoms. The Bertz CT molecular complexity index is 465. The molecule has 0 aliphatic carbocycles. The highest BCUT2D eigenvalue weighted by Crippen LogP contribution is 2.09. The van der Waals surface area contributed by atoms with E-state index in [4.69, 9.17) is 0 Å². The molecule has 1 heterocycles. The fourth-order valence-corrected chi connectivity index (χ4v) is 2.47. The van der Waals surface area contributed by atoms with Gasteiger partial charge >= 0.3 is 0 Å². The second-order valence-corrected chi connectivity index (χ2v) is 5.67. The molecule has 0 aliphatic heterocycles. The first kappa shape index (κ1) is 14.2. The minimum Gasteiger partial charge on any atom is -0.310 e. The SMILES string of the molecule is CSCCC(C)NCc1ccc(-n2cccn2)cc1. The Morgan fingerprint density at radius 3 is 2.74 bits per heavy atom. The van der Waals surface area contributed by atoms with E-state index >= 15 is 0 Å². The summed E-state index contributed by atoms with van der Waals surface area (Å²) in [6, 6.07) is 11.0. The van der Waals surface area contributed by atoms with Gasteiger partial charge in [0.25, 0.3) is 0 Å². The number of benzene rings is 1. The van der Waals surface area contributed by atoms with Crippen molar-refractivity contribution in [2.45, 2.75) is 25.9 Å². The molecule has 0 fully saturated rings. The summed E-state index contributed by atoms with van der Waals surface area (Å²) in [6.07, 6.45) is 7.12. The smallest absolute Gasteiger partial charge is 0.0645 e. The summed E-state index contributed by atoms with van der Waals surface area (Å²) in [5, 5.41) is 7.78. The van der Waals surface area contributed by atoms with Gasteiger partial charge in [-0.25, -0.2) is 4.68 Å². The van der Waals surface area contributed by atoms with Gasteiger partial charge in [-0.15, -0.1) is 0 Å². The van der Waals surface area contributed by atoms with Crippen LogP contribution in [0.2, 0.25) is 0 Å². The Kier molecular flexibility index (Phi) is 5.48. The molecule has 0 radical (unpaired) electrons. The predicted octanol–water partition coefficient (Wildman–Crippen LogP) is 3.10. The van der Waals surface area contributed by atoms with Gasteiger partial charge in [0, 0.05) is 25.0 Å². The van der Waals surface area contributed by atoms with Crippen molar-refractivity contribution in [1.82, 2.24) is 15.1 Å². The van der Waals surface area contributed by atoms with E-state index in [-0.39, 0.29) is 0 Å². The van der Waals surface area contributed by atoms with E-state index in [1.54, 1.807) is 6.20 Å². The standard InChI is InChI=1S/C15H21N3S/c1-13(8-11-19-2)16-12-14-4-6-15(7-5-14)18-10-3-9-17-18/h3-7,9-10,13,16H,8,11-12H2,1-2H3. The van der Waals surface area contributed by atoms with Gasteiger partial charge in [-0.3, -0.25) is 0 Å². The van der Waals surface area contributed by atoms with Crippen LogP contribution in [0.4, 0.5) is 0 Å². The zero-order chi connectivity index (χ0) is 13.5. The number of aromatic nitrogens is 2. The van der Waals surface area contributed by atoms with Gasteiger partial charge in [-0.05, 0) is 49.1 Å². The molecule has 0 amide bonds. The lowest BCUT2D eigenvalue weighted by Gasteiger charge is -2.13. The third-order valence-electron chi connectivity index (χ3n) is 3.11. The summed E-state index contributed by atoms with van der Waals surface area (Å²) in [4.78, 5) is 0. The van der Waals surface area contributed by atoms with Crippen molar-refractivity contribution < 1.29 is 0 Å². The molecule has 0 spiro atoms. The molecule has 0 aliphatic rings. The lowest BCUT2D eigenvalue weighted by Crippen LogP contribution is -2.25. The third kappa shape index (κ3) is 4.40. The van der Waals surface area contributed by atoms with Crippen LogP contribution >= 0.6 is 11.8 Å². The topological polar surface area (TPSA) is 29.9 Å². The molecule has 1 aromatic carbocycles. The van der Waals surface area contributed by atoms with E-state index in [1.807, 2.05) is 28.7 Å². The number of hydrogen-bond donors (Lipinski definition) is 1. The maximum atomic E-state index is 4.22. The molecule has 1 unspecified atom stereocenters. The lowest BCUT2D eigenvalue weighted by atomic mass is 10.2. The minimum atomic E-state index is 0.568. The highest BCUT2D eigenvalue weighted by molar-refractivity contribution is 7.98. The average molecular weight is 275 g/mol. The number of rotatable bonds is 7. The van der Waals surface area contributed by atoms with E-state index in [0.29, 0.717) is 6.04 Å². The third-order valence-corrected chi connectivity index (χ3v) is 3.76. The van der Waals surface area contributed by atoms with Gasteiger partial charge in [0.15, 0.2) is 0 Å². The van der Waals surface area contributed by atoms with E-state index in [1.165, 1.54) is 17.7 Å². The Morgan fingerprint density at radius 1 is 1.32 bits per heavy atom. The minimum absolute atomic E-state index is 0.568. The summed E-state index contributed by atoms with van der Waals surface area (Å²) < 4.78 is 1.87. The van der Waals surface area contributed by atoms with Crippen molar-refractivity contribution in [2.75, 3.05) is 12.0 Å². The van der Waals surface area contributed by atoms with Crippen molar-refractivity contribution >= 4 is 11.8 Å². The zero-order valence-corrected chi connectivity index (χ0v) is 12.4. The van der Waals surface area contributed by atoms with Crippen LogP contribution < -0.4 is 5.32 Å². The van der Waals surface area contributed by atoms with Crippen LogP contribution in [0, 0.1) is 0 Å². The first-order valence-electron chi connectivity index (χ1n) is 6.61. The molecular formula is C15H21N3S. The molecule has 0 saturated heterocycles. The van der Waals surface area contributed by atoms with Crippen LogP contribution in [0.5, 0.6) is 0 Å². The Hall–Kier alpha value is -1.26. The fourth-order valence-electron chi connectivity index (χ4n) is 1.88. The number of nitrogens with zero attached hydrogens (tertiary/aromatic N) is 2. The van der Waals surface area contributed by atoms with E-state index < -0.39 is 0 Å². The van der Waals surface area contributed by atoms with Gasteiger partial charge < -0.3 is 5.32 Å². The first-order chi connectivity index (χ1) is 9.29. The van der Waals surface area contributed by atoms with E-state index in [0.717, 1.165) is 12.2 Å². The molecule has 3 nitrogen and oxygen atoms in total. The van der Waals surface area contributed by atoms with Gasteiger partial charge in [0.1, 0.15) is 0 Å². The molecule has 1 aromatic heterocycles. The van der Waals surface area contributed by atoms with Crippen LogP contribution in [0.1, 0.15) is 18.9 Å². The van der Waals surface area contributed by atoms with Crippen molar-refractivity contribution in [3.05, 3.63) is 48.3 Å². The molecule has 102 valence electrons. The molecule has 0 saturated carbocycles. The first-order valence-corrected chi connectivity index (χ1v) is 8.00. The van der Waals surface area contributed by atoms with Gasteiger partial charge in [-0.2, -0.15) is 16.9 Å². The molecule has 2 rings (SSSR count). The van der Waals surface area contributed by atoms with E-state index in [2.05, 4.69) is 47.9 Å². The zero-order valence-electron chi connectivity index (χ0n) is 11.5. The summed E-state index contributed by atoms with van der Waals surface area (Å²) in [6.45, 7) is 3.17. The molecular weight excluding hydrogens is 254 g/mol. The van der Waals surface area contributed by atoms with Crippen LogP contribution in [-0.2, 0) is 6.54 Å². The van der Waals surface area contributed by atoms with E-state index in [9.17, 15) is 0 Å². The molecule has 1 atom stereocenters.